The van der Waals surface area contributed by atoms with Crippen molar-refractivity contribution in [2.75, 3.05) is 0 Å². The number of halogens is 1. The quantitative estimate of drug-likeness (QED) is 0.780. The number of hydrogen-bond donors (Lipinski definition) is 1. The molecule has 0 bridgehead atoms. The van der Waals surface area contributed by atoms with E-state index in [4.69, 9.17) is 16.1 Å². The molecular formula is C11H6ClN3O2S. The second-order valence-electron chi connectivity index (χ2n) is 3.46. The SMILES string of the molecule is Oc1cc(Cl)ccc1-c1nc(-c2cscn2)no1. The van der Waals surface area contributed by atoms with Gasteiger partial charge in [-0.2, -0.15) is 4.98 Å². The van der Waals surface area contributed by atoms with Crippen molar-refractivity contribution in [2.45, 2.75) is 0 Å². The Morgan fingerprint density at radius 3 is 2.94 bits per heavy atom. The first-order valence-electron chi connectivity index (χ1n) is 4.95. The van der Waals surface area contributed by atoms with Crippen molar-refractivity contribution in [1.29, 1.82) is 0 Å². The Morgan fingerprint density at radius 2 is 2.22 bits per heavy atom. The van der Waals surface area contributed by atoms with E-state index in [0.29, 0.717) is 22.1 Å². The van der Waals surface area contributed by atoms with E-state index in [0.717, 1.165) is 0 Å². The van der Waals surface area contributed by atoms with Gasteiger partial charge in [0.1, 0.15) is 11.4 Å². The lowest BCUT2D eigenvalue weighted by Gasteiger charge is -1.98. The molecule has 0 aliphatic rings. The standard InChI is InChI=1S/C11H6ClN3O2S/c12-6-1-2-7(9(16)3-6)11-14-10(15-17-11)8-4-18-5-13-8/h1-5,16H. The highest BCUT2D eigenvalue weighted by Gasteiger charge is 2.14. The van der Waals surface area contributed by atoms with Crippen molar-refractivity contribution in [3.63, 3.8) is 0 Å². The van der Waals surface area contributed by atoms with Gasteiger partial charge in [0, 0.05) is 10.4 Å². The van der Waals surface area contributed by atoms with Gasteiger partial charge in [-0.25, -0.2) is 4.98 Å². The molecule has 0 amide bonds. The topological polar surface area (TPSA) is 72.0 Å². The van der Waals surface area contributed by atoms with E-state index >= 15 is 0 Å². The molecule has 0 atom stereocenters. The van der Waals surface area contributed by atoms with Crippen LogP contribution in [0.15, 0.2) is 33.6 Å². The molecule has 0 saturated carbocycles. The zero-order valence-corrected chi connectivity index (χ0v) is 10.4. The van der Waals surface area contributed by atoms with Gasteiger partial charge >= 0.3 is 0 Å². The molecule has 3 rings (SSSR count). The molecule has 0 radical (unpaired) electrons. The van der Waals surface area contributed by atoms with Crippen LogP contribution in [-0.2, 0) is 0 Å². The summed E-state index contributed by atoms with van der Waals surface area (Å²) < 4.78 is 5.10. The van der Waals surface area contributed by atoms with Gasteiger partial charge in [-0.05, 0) is 18.2 Å². The van der Waals surface area contributed by atoms with Gasteiger partial charge in [-0.3, -0.25) is 0 Å². The van der Waals surface area contributed by atoms with Crippen molar-refractivity contribution >= 4 is 22.9 Å². The van der Waals surface area contributed by atoms with Crippen LogP contribution in [0.4, 0.5) is 0 Å². The average molecular weight is 280 g/mol. The Hall–Kier alpha value is -1.92. The zero-order chi connectivity index (χ0) is 12.5. The molecule has 2 heterocycles. The summed E-state index contributed by atoms with van der Waals surface area (Å²) in [5, 5.41) is 15.8. The van der Waals surface area contributed by atoms with Gasteiger partial charge in [0.25, 0.3) is 5.89 Å². The van der Waals surface area contributed by atoms with Gasteiger partial charge in [0.2, 0.25) is 5.82 Å². The van der Waals surface area contributed by atoms with Crippen LogP contribution in [0.2, 0.25) is 5.02 Å². The van der Waals surface area contributed by atoms with Crippen molar-refractivity contribution in [2.24, 2.45) is 0 Å². The number of aromatic nitrogens is 3. The van der Waals surface area contributed by atoms with E-state index < -0.39 is 0 Å². The Morgan fingerprint density at radius 1 is 1.33 bits per heavy atom. The molecule has 7 heteroatoms. The van der Waals surface area contributed by atoms with Crippen LogP contribution in [0.25, 0.3) is 23.0 Å². The first kappa shape index (κ1) is 11.2. The van der Waals surface area contributed by atoms with Crippen LogP contribution >= 0.6 is 22.9 Å². The van der Waals surface area contributed by atoms with Crippen molar-refractivity contribution in [3.8, 4) is 28.7 Å². The number of benzene rings is 1. The van der Waals surface area contributed by atoms with Crippen LogP contribution in [-0.4, -0.2) is 20.2 Å². The molecule has 5 nitrogen and oxygen atoms in total. The number of hydrogen-bond acceptors (Lipinski definition) is 6. The first-order valence-corrected chi connectivity index (χ1v) is 6.27. The van der Waals surface area contributed by atoms with Crippen LogP contribution in [0.5, 0.6) is 5.75 Å². The lowest BCUT2D eigenvalue weighted by atomic mass is 10.2. The number of aromatic hydroxyl groups is 1. The smallest absolute Gasteiger partial charge is 0.262 e. The maximum Gasteiger partial charge on any atom is 0.262 e. The first-order chi connectivity index (χ1) is 8.74. The van der Waals surface area contributed by atoms with Gasteiger partial charge in [-0.15, -0.1) is 11.3 Å². The molecule has 18 heavy (non-hydrogen) atoms. The molecule has 0 saturated heterocycles. The third-order valence-corrected chi connectivity index (χ3v) is 3.10. The van der Waals surface area contributed by atoms with Crippen LogP contribution < -0.4 is 0 Å². The number of rotatable bonds is 2. The Bertz CT molecular complexity index is 681. The van der Waals surface area contributed by atoms with E-state index in [1.165, 1.54) is 17.4 Å². The number of phenols is 1. The third-order valence-electron chi connectivity index (χ3n) is 2.28. The van der Waals surface area contributed by atoms with E-state index in [1.54, 1.807) is 17.6 Å². The van der Waals surface area contributed by atoms with Crippen molar-refractivity contribution < 1.29 is 9.63 Å². The molecule has 90 valence electrons. The summed E-state index contributed by atoms with van der Waals surface area (Å²) in [6, 6.07) is 4.68. The predicted molar refractivity (Wildman–Crippen MR) is 67.5 cm³/mol. The van der Waals surface area contributed by atoms with Crippen molar-refractivity contribution in [1.82, 2.24) is 15.1 Å². The normalized spacial score (nSPS) is 10.7. The van der Waals surface area contributed by atoms with Gasteiger partial charge in [0.05, 0.1) is 11.1 Å². The molecule has 1 N–H and O–H groups in total. The van der Waals surface area contributed by atoms with E-state index in [9.17, 15) is 5.11 Å². The second-order valence-corrected chi connectivity index (χ2v) is 4.61. The molecule has 0 spiro atoms. The Labute approximate surface area is 111 Å². The minimum atomic E-state index is -0.00372. The zero-order valence-electron chi connectivity index (χ0n) is 8.87. The lowest BCUT2D eigenvalue weighted by molar-refractivity contribution is 0.425. The third kappa shape index (κ3) is 1.96. The lowest BCUT2D eigenvalue weighted by Crippen LogP contribution is -1.81. The summed E-state index contributed by atoms with van der Waals surface area (Å²) in [7, 11) is 0. The molecule has 1 aromatic carbocycles. The van der Waals surface area contributed by atoms with E-state index in [-0.39, 0.29) is 11.6 Å². The highest BCUT2D eigenvalue weighted by molar-refractivity contribution is 7.07. The Kier molecular flexibility index (Phi) is 2.73. The van der Waals surface area contributed by atoms with Gasteiger partial charge in [0.15, 0.2) is 0 Å². The minimum absolute atomic E-state index is 0.00372. The van der Waals surface area contributed by atoms with Crippen molar-refractivity contribution in [3.05, 3.63) is 34.1 Å². The van der Waals surface area contributed by atoms with Crippen LogP contribution in [0.1, 0.15) is 0 Å². The summed E-state index contributed by atoms with van der Waals surface area (Å²) in [4.78, 5) is 8.26. The summed E-state index contributed by atoms with van der Waals surface area (Å²) in [5.41, 5.74) is 2.77. The van der Waals surface area contributed by atoms with E-state index in [1.807, 2.05) is 5.38 Å². The maximum absolute atomic E-state index is 9.76. The minimum Gasteiger partial charge on any atom is -0.507 e. The molecule has 0 aliphatic heterocycles. The summed E-state index contributed by atoms with van der Waals surface area (Å²) in [5.74, 6) is 0.615. The molecule has 2 aromatic heterocycles. The maximum atomic E-state index is 9.76. The number of phenolic OH excluding ortho intramolecular Hbond substituents is 1. The fraction of sp³-hybridized carbons (Fsp3) is 0. The molecule has 0 aliphatic carbocycles. The average Bonchev–Trinajstić information content (AvgIpc) is 2.99. The molecular weight excluding hydrogens is 274 g/mol. The largest absolute Gasteiger partial charge is 0.507 e. The summed E-state index contributed by atoms with van der Waals surface area (Å²) >= 11 is 7.20. The number of thiazole rings is 1. The summed E-state index contributed by atoms with van der Waals surface area (Å²) in [6.07, 6.45) is 0. The highest BCUT2D eigenvalue weighted by Crippen LogP contribution is 2.31. The predicted octanol–water partition coefficient (Wildman–Crippen LogP) is 3.22. The van der Waals surface area contributed by atoms with Gasteiger partial charge < -0.3 is 9.63 Å². The summed E-state index contributed by atoms with van der Waals surface area (Å²) in [6.45, 7) is 0. The van der Waals surface area contributed by atoms with Crippen LogP contribution in [0, 0.1) is 0 Å². The van der Waals surface area contributed by atoms with Gasteiger partial charge in [-0.1, -0.05) is 16.8 Å². The second kappa shape index (κ2) is 4.40. The van der Waals surface area contributed by atoms with Crippen LogP contribution in [0.3, 0.4) is 0 Å². The highest BCUT2D eigenvalue weighted by atomic mass is 35.5. The fourth-order valence-corrected chi connectivity index (χ4v) is 2.14. The monoisotopic (exact) mass is 279 g/mol. The molecule has 3 aromatic rings. The molecule has 0 fully saturated rings. The van der Waals surface area contributed by atoms with E-state index in [2.05, 4.69) is 15.1 Å². The Balaban J connectivity index is 2.03. The number of nitrogens with zero attached hydrogens (tertiary/aromatic N) is 3. The molecule has 0 unspecified atom stereocenters. The fourth-order valence-electron chi connectivity index (χ4n) is 1.45.